The van der Waals surface area contributed by atoms with Crippen LogP contribution < -0.4 is 0 Å². The van der Waals surface area contributed by atoms with E-state index in [1.807, 2.05) is 0 Å². The summed E-state index contributed by atoms with van der Waals surface area (Å²) in [5.41, 5.74) is 0. The molecule has 1 aliphatic rings. The Labute approximate surface area is 358 Å². The summed E-state index contributed by atoms with van der Waals surface area (Å²) in [6.07, 6.45) is -3.74. The first kappa shape index (κ1) is 55.8. The Bertz CT molecular complexity index is 1210. The van der Waals surface area contributed by atoms with Crippen molar-refractivity contribution in [3.8, 4) is 0 Å². The van der Waals surface area contributed by atoms with E-state index in [0.29, 0.717) is 13.2 Å². The van der Waals surface area contributed by atoms with Gasteiger partial charge in [-0.05, 0) is 157 Å². The third-order valence-electron chi connectivity index (χ3n) is 7.52. The molecule has 1 fully saturated rings. The van der Waals surface area contributed by atoms with Gasteiger partial charge in [0, 0.05) is 0 Å². The maximum atomic E-state index is 7.32. The molecule has 1 saturated heterocycles. The van der Waals surface area contributed by atoms with Crippen molar-refractivity contribution in [1.82, 2.24) is 0 Å². The predicted octanol–water partition coefficient (Wildman–Crippen LogP) is 9.75. The van der Waals surface area contributed by atoms with E-state index in [1.165, 1.54) is 7.11 Å². The van der Waals surface area contributed by atoms with Crippen LogP contribution in [0.2, 0.25) is 157 Å². The molecule has 0 aliphatic carbocycles. The summed E-state index contributed by atoms with van der Waals surface area (Å²) in [6, 6.07) is 0. The van der Waals surface area contributed by atoms with Gasteiger partial charge in [-0.3, -0.25) is 0 Å². The summed E-state index contributed by atoms with van der Waals surface area (Å²) in [7, 11) is -15.7. The Kier molecular flexibility index (Phi) is 21.0. The van der Waals surface area contributed by atoms with E-state index in [-0.39, 0.29) is 0 Å². The zero-order valence-corrected chi connectivity index (χ0v) is 49.1. The van der Waals surface area contributed by atoms with Crippen molar-refractivity contribution < 1.29 is 49.7 Å². The second-order valence-electron chi connectivity index (χ2n) is 23.2. The zero-order chi connectivity index (χ0) is 44.8. The first-order valence-electron chi connectivity index (χ1n) is 20.9. The fourth-order valence-electron chi connectivity index (χ4n) is 6.03. The maximum absolute atomic E-state index is 7.32. The highest BCUT2D eigenvalue weighted by Gasteiger charge is 2.54. The van der Waals surface area contributed by atoms with E-state index in [4.69, 9.17) is 49.7 Å². The topological polar surface area (TPSA) is 114 Å². The second-order valence-corrected chi connectivity index (χ2v) is 59.0. The van der Waals surface area contributed by atoms with Crippen LogP contribution in [0.25, 0.3) is 0 Å². The molecular weight excluding hydrogens is 859 g/mol. The van der Waals surface area contributed by atoms with Crippen LogP contribution in [0.3, 0.4) is 0 Å². The number of ether oxygens (including phenoxy) is 2. The summed E-state index contributed by atoms with van der Waals surface area (Å²) in [6.45, 7) is 53.3. The van der Waals surface area contributed by atoms with E-state index in [1.54, 1.807) is 6.21 Å². The summed E-state index contributed by atoms with van der Waals surface area (Å²) in [5, 5.41) is 4.35. The minimum atomic E-state index is -2.31. The third kappa shape index (κ3) is 24.9. The molecule has 1 rings (SSSR count). The monoisotopic (exact) mass is 947 g/mol. The van der Waals surface area contributed by atoms with Gasteiger partial charge in [0.15, 0.2) is 72.8 Å². The van der Waals surface area contributed by atoms with E-state index in [2.05, 4.69) is 162 Å². The Morgan fingerprint density at radius 3 is 1.32 bits per heavy atom. The van der Waals surface area contributed by atoms with Gasteiger partial charge in [-0.25, -0.2) is 0 Å². The molecule has 9 atom stereocenters. The average molecular weight is 949 g/mol. The second kappa shape index (κ2) is 21.5. The van der Waals surface area contributed by atoms with Gasteiger partial charge in [0.25, 0.3) is 0 Å². The van der Waals surface area contributed by atoms with Crippen LogP contribution in [0, 0.1) is 0 Å². The minimum Gasteiger partial charge on any atom is -0.415 e. The molecule has 57 heavy (non-hydrogen) atoms. The van der Waals surface area contributed by atoms with Crippen LogP contribution in [0.1, 0.15) is 0 Å². The molecule has 0 saturated carbocycles. The van der Waals surface area contributed by atoms with Gasteiger partial charge in [-0.15, -0.1) is 0 Å². The van der Waals surface area contributed by atoms with E-state index in [0.717, 1.165) is 0 Å². The Morgan fingerprint density at radius 1 is 0.491 bits per heavy atom. The smallest absolute Gasteiger partial charge is 0.186 e. The molecule has 0 aromatic carbocycles. The van der Waals surface area contributed by atoms with Gasteiger partial charge in [0.1, 0.15) is 43.7 Å². The molecule has 20 heteroatoms. The standard InChI is InChI=1S/C37H89NO11Si8/c1-39-38-26-29(32(45-53(11,12)13)34(47-55(17,18)19)31(44-52(8,9)10)28-41-51(5,6)7)42-37-36(49-57(23,24)25)35(48-56(20,21)22)33(46-54(14,15)16)30(43-37)27-40-50(2,3)4/h26,29-37H,27-28H2,1-25H3. The number of hydrogen-bond acceptors (Lipinski definition) is 12. The quantitative estimate of drug-likeness (QED) is 0.0495. The molecule has 0 radical (unpaired) electrons. The number of nitrogens with zero attached hydrogens (tertiary/aromatic N) is 1. The number of rotatable bonds is 25. The molecule has 12 nitrogen and oxygen atoms in total. The molecule has 1 heterocycles. The molecule has 0 spiro atoms. The van der Waals surface area contributed by atoms with E-state index in [9.17, 15) is 0 Å². The third-order valence-corrected chi connectivity index (χ3v) is 15.5. The fraction of sp³-hybridized carbons (Fsp3) is 0.973. The molecule has 0 aromatic rings. The lowest BCUT2D eigenvalue weighted by molar-refractivity contribution is -0.302. The van der Waals surface area contributed by atoms with E-state index >= 15 is 0 Å². The highest BCUT2D eigenvalue weighted by atomic mass is 28.4. The summed E-state index contributed by atoms with van der Waals surface area (Å²) < 4.78 is 70.5. The van der Waals surface area contributed by atoms with Crippen LogP contribution in [-0.4, -0.2) is 148 Å². The van der Waals surface area contributed by atoms with Crippen molar-refractivity contribution in [3.63, 3.8) is 0 Å². The number of oxime groups is 1. The lowest BCUT2D eigenvalue weighted by Gasteiger charge is -2.52. The van der Waals surface area contributed by atoms with Crippen molar-refractivity contribution in [1.29, 1.82) is 0 Å². The molecule has 0 aromatic heterocycles. The van der Waals surface area contributed by atoms with Crippen LogP contribution in [0.15, 0.2) is 5.16 Å². The summed E-state index contributed by atoms with van der Waals surface area (Å²) in [4.78, 5) is 5.37. The SMILES string of the molecule is CON=CC(OC1OC(CO[Si](C)(C)C)C(O[Si](C)(C)C)C(O[Si](C)(C)C)C1O[Si](C)(C)C)C(O[Si](C)(C)C)C(O[Si](C)(C)C)C(CO[Si](C)(C)C)O[Si](C)(C)C. The average Bonchev–Trinajstić information content (AvgIpc) is 2.92. The van der Waals surface area contributed by atoms with Crippen LogP contribution >= 0.6 is 0 Å². The van der Waals surface area contributed by atoms with Crippen LogP contribution in [0.5, 0.6) is 0 Å². The highest BCUT2D eigenvalue weighted by Crippen LogP contribution is 2.36. The summed E-state index contributed by atoms with van der Waals surface area (Å²) in [5.74, 6) is 0. The van der Waals surface area contributed by atoms with Gasteiger partial charge in [-0.2, -0.15) is 0 Å². The first-order chi connectivity index (χ1) is 25.2. The molecular formula is C37H89NO11Si8. The van der Waals surface area contributed by atoms with Gasteiger partial charge >= 0.3 is 0 Å². The lowest BCUT2D eigenvalue weighted by Crippen LogP contribution is -2.67. The molecule has 0 N–H and O–H groups in total. The maximum Gasteiger partial charge on any atom is 0.186 e. The van der Waals surface area contributed by atoms with Crippen molar-refractivity contribution in [3.05, 3.63) is 0 Å². The zero-order valence-electron chi connectivity index (χ0n) is 41.1. The first-order valence-corrected chi connectivity index (χ1v) is 48.2. The fourth-order valence-corrected chi connectivity index (χ4v) is 13.9. The highest BCUT2D eigenvalue weighted by molar-refractivity contribution is 6.72. The Balaban J connectivity index is 4.24. The molecule has 0 amide bonds. The van der Waals surface area contributed by atoms with Crippen molar-refractivity contribution in [2.75, 3.05) is 20.3 Å². The van der Waals surface area contributed by atoms with Gasteiger partial charge in [0.05, 0.1) is 31.6 Å². The molecule has 1 aliphatic heterocycles. The van der Waals surface area contributed by atoms with Crippen molar-refractivity contribution in [2.24, 2.45) is 5.16 Å². The molecule has 0 bridgehead atoms. The van der Waals surface area contributed by atoms with Gasteiger partial charge < -0.3 is 49.7 Å². The van der Waals surface area contributed by atoms with Crippen molar-refractivity contribution >= 4 is 72.8 Å². The van der Waals surface area contributed by atoms with E-state index < -0.39 is 122 Å². The largest absolute Gasteiger partial charge is 0.415 e. The molecule has 9 unspecified atom stereocenters. The molecule has 340 valence electrons. The van der Waals surface area contributed by atoms with Crippen LogP contribution in [-0.2, 0) is 49.7 Å². The Hall–Kier alpha value is 0.805. The van der Waals surface area contributed by atoms with Gasteiger partial charge in [0.2, 0.25) is 0 Å². The van der Waals surface area contributed by atoms with Gasteiger partial charge in [-0.1, -0.05) is 5.16 Å². The lowest BCUT2D eigenvalue weighted by atomic mass is 9.99. The normalized spacial score (nSPS) is 24.8. The minimum absolute atomic E-state index is 0.336. The summed E-state index contributed by atoms with van der Waals surface area (Å²) >= 11 is 0. The van der Waals surface area contributed by atoms with Crippen molar-refractivity contribution in [2.45, 2.75) is 212 Å². The number of hydrogen-bond donors (Lipinski definition) is 0. The van der Waals surface area contributed by atoms with Crippen LogP contribution in [0.4, 0.5) is 0 Å². The predicted molar refractivity (Wildman–Crippen MR) is 257 cm³/mol. The Morgan fingerprint density at radius 2 is 0.912 bits per heavy atom.